The highest BCUT2D eigenvalue weighted by Gasteiger charge is 2.18. The average molecular weight is 579 g/mol. The molecule has 6 N–H and O–H groups in total. The van der Waals surface area contributed by atoms with Gasteiger partial charge in [0, 0.05) is 18.2 Å². The lowest BCUT2D eigenvalue weighted by atomic mass is 10.2. The summed E-state index contributed by atoms with van der Waals surface area (Å²) in [4.78, 5) is 36.8. The van der Waals surface area contributed by atoms with Gasteiger partial charge in [0.2, 0.25) is 0 Å². The molecule has 0 aliphatic carbocycles. The first-order valence-electron chi connectivity index (χ1n) is 12.1. The third-order valence-corrected chi connectivity index (χ3v) is 5.34. The number of hydrogen-bond donors (Lipinski definition) is 6. The number of esters is 3. The molecule has 3 aromatic rings. The molecule has 0 atom stereocenters. The minimum Gasteiger partial charge on any atom is -0.504 e. The van der Waals surface area contributed by atoms with Crippen LogP contribution >= 0.6 is 0 Å². The van der Waals surface area contributed by atoms with Gasteiger partial charge in [0.1, 0.15) is 13.2 Å². The SMILES string of the molecule is O=C(/C=C/c1ccc(O)c(O)c1)OCC(COC(=O)/C=C/c1ccc(O)c(O)c1)OC(=O)/C=C/c1ccc(O)c(O)c1. The van der Waals surface area contributed by atoms with E-state index in [0.717, 1.165) is 18.2 Å². The highest BCUT2D eigenvalue weighted by Crippen LogP contribution is 2.27. The van der Waals surface area contributed by atoms with Gasteiger partial charge in [-0.05, 0) is 71.3 Å². The number of phenolic OH excluding ortho intramolecular Hbond substituents is 6. The normalized spacial score (nSPS) is 11.4. The van der Waals surface area contributed by atoms with Crippen LogP contribution in [-0.2, 0) is 28.6 Å². The van der Waals surface area contributed by atoms with Gasteiger partial charge in [-0.2, -0.15) is 0 Å². The molecule has 0 saturated carbocycles. The molecular formula is C30H26O12. The van der Waals surface area contributed by atoms with Crippen molar-refractivity contribution in [3.8, 4) is 34.5 Å². The van der Waals surface area contributed by atoms with Crippen LogP contribution in [0.3, 0.4) is 0 Å². The molecular weight excluding hydrogens is 552 g/mol. The second-order valence-corrected chi connectivity index (χ2v) is 8.56. The van der Waals surface area contributed by atoms with Crippen molar-refractivity contribution >= 4 is 36.1 Å². The van der Waals surface area contributed by atoms with Crippen molar-refractivity contribution in [3.63, 3.8) is 0 Å². The molecule has 0 heterocycles. The van der Waals surface area contributed by atoms with Crippen LogP contribution < -0.4 is 0 Å². The van der Waals surface area contributed by atoms with Gasteiger partial charge in [-0.1, -0.05) is 18.2 Å². The van der Waals surface area contributed by atoms with Crippen molar-refractivity contribution in [2.24, 2.45) is 0 Å². The van der Waals surface area contributed by atoms with E-state index in [1.165, 1.54) is 72.8 Å². The summed E-state index contributed by atoms with van der Waals surface area (Å²) in [5, 5.41) is 56.8. The van der Waals surface area contributed by atoms with Crippen molar-refractivity contribution in [2.75, 3.05) is 13.2 Å². The van der Waals surface area contributed by atoms with Gasteiger partial charge in [0.05, 0.1) is 0 Å². The van der Waals surface area contributed by atoms with E-state index in [1.807, 2.05) is 0 Å². The molecule has 0 aliphatic rings. The van der Waals surface area contributed by atoms with Crippen LogP contribution in [0.2, 0.25) is 0 Å². The molecule has 0 unspecified atom stereocenters. The maximum Gasteiger partial charge on any atom is 0.331 e. The first kappa shape index (κ1) is 30.6. The van der Waals surface area contributed by atoms with Crippen LogP contribution in [-0.4, -0.2) is 67.9 Å². The van der Waals surface area contributed by atoms with Gasteiger partial charge in [-0.25, -0.2) is 14.4 Å². The van der Waals surface area contributed by atoms with Crippen molar-refractivity contribution in [3.05, 3.63) is 89.5 Å². The molecule has 0 amide bonds. The Kier molecular flexibility index (Phi) is 10.6. The molecule has 0 fully saturated rings. The lowest BCUT2D eigenvalue weighted by Crippen LogP contribution is -2.29. The molecule has 0 bridgehead atoms. The molecule has 42 heavy (non-hydrogen) atoms. The highest BCUT2D eigenvalue weighted by molar-refractivity contribution is 5.89. The fourth-order valence-corrected chi connectivity index (χ4v) is 3.19. The second kappa shape index (κ2) is 14.5. The Labute approximate surface area is 238 Å². The van der Waals surface area contributed by atoms with Crippen molar-refractivity contribution in [1.82, 2.24) is 0 Å². The zero-order valence-corrected chi connectivity index (χ0v) is 21.8. The quantitative estimate of drug-likeness (QED) is 0.0840. The van der Waals surface area contributed by atoms with Crippen LogP contribution in [0, 0.1) is 0 Å². The van der Waals surface area contributed by atoms with E-state index in [2.05, 4.69) is 0 Å². The van der Waals surface area contributed by atoms with Gasteiger partial charge in [-0.3, -0.25) is 0 Å². The monoisotopic (exact) mass is 578 g/mol. The number of hydrogen-bond acceptors (Lipinski definition) is 12. The zero-order valence-electron chi connectivity index (χ0n) is 21.8. The van der Waals surface area contributed by atoms with Gasteiger partial charge in [0.15, 0.2) is 40.6 Å². The largest absolute Gasteiger partial charge is 0.504 e. The minimum absolute atomic E-state index is 0.332. The lowest BCUT2D eigenvalue weighted by Gasteiger charge is -2.16. The summed E-state index contributed by atoms with van der Waals surface area (Å²) in [6.07, 6.45) is 5.75. The topological polar surface area (TPSA) is 200 Å². The van der Waals surface area contributed by atoms with Crippen molar-refractivity contribution < 1.29 is 59.2 Å². The fourth-order valence-electron chi connectivity index (χ4n) is 3.19. The Balaban J connectivity index is 1.63. The van der Waals surface area contributed by atoms with Crippen LogP contribution in [0.5, 0.6) is 34.5 Å². The number of phenols is 6. The predicted molar refractivity (Wildman–Crippen MR) is 148 cm³/mol. The first-order chi connectivity index (χ1) is 20.0. The van der Waals surface area contributed by atoms with Gasteiger partial charge >= 0.3 is 17.9 Å². The molecule has 3 rings (SSSR count). The minimum atomic E-state index is -1.24. The Morgan fingerprint density at radius 1 is 0.524 bits per heavy atom. The van der Waals surface area contributed by atoms with E-state index in [0.29, 0.717) is 16.7 Å². The van der Waals surface area contributed by atoms with Crippen molar-refractivity contribution in [1.29, 1.82) is 0 Å². The first-order valence-corrected chi connectivity index (χ1v) is 12.1. The Morgan fingerprint density at radius 2 is 0.857 bits per heavy atom. The molecule has 218 valence electrons. The number of benzene rings is 3. The Morgan fingerprint density at radius 3 is 1.19 bits per heavy atom. The van der Waals surface area contributed by atoms with E-state index >= 15 is 0 Å². The Hall–Kier alpha value is -5.91. The maximum absolute atomic E-state index is 12.4. The van der Waals surface area contributed by atoms with Crippen LogP contribution in [0.15, 0.2) is 72.8 Å². The Bertz CT molecular complexity index is 1460. The number of ether oxygens (including phenoxy) is 3. The van der Waals surface area contributed by atoms with Crippen LogP contribution in [0.1, 0.15) is 16.7 Å². The zero-order chi connectivity index (χ0) is 30.6. The van der Waals surface area contributed by atoms with Gasteiger partial charge < -0.3 is 44.8 Å². The average Bonchev–Trinajstić information content (AvgIpc) is 2.96. The molecule has 12 nitrogen and oxygen atoms in total. The number of carbonyl (C=O) groups is 3. The maximum atomic E-state index is 12.4. The summed E-state index contributed by atoms with van der Waals surface area (Å²) in [5.74, 6) is -4.77. The summed E-state index contributed by atoms with van der Waals surface area (Å²) in [6, 6.07) is 11.6. The summed E-state index contributed by atoms with van der Waals surface area (Å²) < 4.78 is 15.4. The van der Waals surface area contributed by atoms with Gasteiger partial charge in [-0.15, -0.1) is 0 Å². The molecule has 0 saturated heterocycles. The third kappa shape index (κ3) is 9.68. The van der Waals surface area contributed by atoms with Crippen molar-refractivity contribution in [2.45, 2.75) is 6.10 Å². The standard InChI is InChI=1S/C30H26O12/c31-22-7-1-18(13-25(22)34)4-10-28(37)40-16-21(42-30(39)12-6-20-3-9-24(33)27(36)15-20)17-41-29(38)11-5-19-2-8-23(32)26(35)14-19/h1-15,21,31-36H,16-17H2/b10-4+,11-5+,12-6+. The third-order valence-electron chi connectivity index (χ3n) is 5.34. The molecule has 0 aliphatic heterocycles. The number of rotatable bonds is 11. The van der Waals surface area contributed by atoms with Crippen LogP contribution in [0.4, 0.5) is 0 Å². The van der Waals surface area contributed by atoms with Crippen LogP contribution in [0.25, 0.3) is 18.2 Å². The van der Waals surface area contributed by atoms with E-state index in [9.17, 15) is 45.0 Å². The molecule has 0 aromatic heterocycles. The number of aromatic hydroxyl groups is 6. The number of carbonyl (C=O) groups excluding carboxylic acids is 3. The summed E-state index contributed by atoms with van der Waals surface area (Å²) >= 11 is 0. The van der Waals surface area contributed by atoms with Gasteiger partial charge in [0.25, 0.3) is 0 Å². The van der Waals surface area contributed by atoms with E-state index in [4.69, 9.17) is 14.2 Å². The molecule has 0 radical (unpaired) electrons. The summed E-state index contributed by atoms with van der Waals surface area (Å²) in [6.45, 7) is -1.02. The second-order valence-electron chi connectivity index (χ2n) is 8.56. The van der Waals surface area contributed by atoms with E-state index < -0.39 is 43.0 Å². The van der Waals surface area contributed by atoms with E-state index in [1.54, 1.807) is 0 Å². The fraction of sp³-hybridized carbons (Fsp3) is 0.100. The molecule has 3 aromatic carbocycles. The molecule has 0 spiro atoms. The summed E-state index contributed by atoms with van der Waals surface area (Å²) in [7, 11) is 0. The lowest BCUT2D eigenvalue weighted by molar-refractivity contribution is -0.160. The van der Waals surface area contributed by atoms with E-state index in [-0.39, 0.29) is 28.7 Å². The predicted octanol–water partition coefficient (Wildman–Crippen LogP) is 3.36. The molecule has 12 heteroatoms. The smallest absolute Gasteiger partial charge is 0.331 e. The highest BCUT2D eigenvalue weighted by atomic mass is 16.6. The summed E-state index contributed by atoms with van der Waals surface area (Å²) in [5.41, 5.74) is 1.14.